The van der Waals surface area contributed by atoms with Gasteiger partial charge in [0.05, 0.1) is 28.3 Å². The predicted octanol–water partition coefficient (Wildman–Crippen LogP) is 5.22. The van der Waals surface area contributed by atoms with Gasteiger partial charge in [0, 0.05) is 0 Å². The third-order valence-corrected chi connectivity index (χ3v) is 4.30. The molecule has 0 heterocycles. The predicted molar refractivity (Wildman–Crippen MR) is 89.0 cm³/mol. The van der Waals surface area contributed by atoms with Crippen LogP contribution >= 0.6 is 23.4 Å². The van der Waals surface area contributed by atoms with Crippen LogP contribution in [0.1, 0.15) is 15.9 Å². The fourth-order valence-corrected chi connectivity index (χ4v) is 2.92. The molecule has 0 aliphatic rings. The van der Waals surface area contributed by atoms with E-state index < -0.39 is 11.7 Å². The van der Waals surface area contributed by atoms with Crippen molar-refractivity contribution in [2.24, 2.45) is 0 Å². The smallest absolute Gasteiger partial charge is 0.289 e. The normalized spacial score (nSPS) is 10.7. The van der Waals surface area contributed by atoms with E-state index >= 15 is 0 Å². The summed E-state index contributed by atoms with van der Waals surface area (Å²) in [6.45, 7) is 1.84. The maximum absolute atomic E-state index is 12.7. The summed E-state index contributed by atoms with van der Waals surface area (Å²) < 4.78 is 30.5. The summed E-state index contributed by atoms with van der Waals surface area (Å²) in [6.07, 6.45) is 0. The lowest BCUT2D eigenvalue weighted by atomic mass is 10.1. The highest BCUT2D eigenvalue weighted by Gasteiger charge is 2.18. The first-order chi connectivity index (χ1) is 10.9. The van der Waals surface area contributed by atoms with E-state index in [2.05, 4.69) is 5.32 Å². The molecule has 0 aromatic heterocycles. The van der Waals surface area contributed by atoms with E-state index in [1.54, 1.807) is 18.2 Å². The fraction of sp³-hybridized carbons (Fsp3) is 0.188. The highest BCUT2D eigenvalue weighted by atomic mass is 35.5. The second-order valence-corrected chi connectivity index (χ2v) is 6.06. The Hall–Kier alpha value is -1.79. The molecule has 7 heteroatoms. The highest BCUT2D eigenvalue weighted by Crippen LogP contribution is 2.38. The van der Waals surface area contributed by atoms with Gasteiger partial charge < -0.3 is 10.1 Å². The average Bonchev–Trinajstić information content (AvgIpc) is 2.50. The summed E-state index contributed by atoms with van der Waals surface area (Å²) in [5.74, 6) is -2.69. The number of amides is 1. The van der Waals surface area contributed by atoms with Crippen molar-refractivity contribution in [2.45, 2.75) is 17.6 Å². The molecule has 1 N–H and O–H groups in total. The number of carbonyl (C=O) groups is 1. The number of hydrogen-bond acceptors (Lipinski definition) is 3. The summed E-state index contributed by atoms with van der Waals surface area (Å²) in [4.78, 5) is 12.6. The molecular weight excluding hydrogens is 344 g/mol. The van der Waals surface area contributed by atoms with Gasteiger partial charge in [-0.1, -0.05) is 41.1 Å². The first-order valence-corrected chi connectivity index (χ1v) is 7.87. The van der Waals surface area contributed by atoms with E-state index in [0.717, 1.165) is 5.56 Å². The van der Waals surface area contributed by atoms with Crippen molar-refractivity contribution in [1.82, 2.24) is 0 Å². The minimum Gasteiger partial charge on any atom is -0.496 e. The molecule has 1 amide bonds. The van der Waals surface area contributed by atoms with Crippen LogP contribution < -0.4 is 10.1 Å². The Morgan fingerprint density at radius 1 is 1.30 bits per heavy atom. The number of thioether (sulfide) groups is 1. The van der Waals surface area contributed by atoms with Gasteiger partial charge in [-0.15, -0.1) is 0 Å². The number of benzene rings is 2. The van der Waals surface area contributed by atoms with Crippen LogP contribution in [0.2, 0.25) is 5.02 Å². The van der Waals surface area contributed by atoms with Crippen LogP contribution in [-0.4, -0.2) is 18.8 Å². The van der Waals surface area contributed by atoms with Crippen LogP contribution in [0.15, 0.2) is 41.3 Å². The lowest BCUT2D eigenvalue weighted by molar-refractivity contribution is 0.102. The molecule has 0 fully saturated rings. The number of alkyl halides is 2. The standard InChI is InChI=1S/C16H14ClF2NO2S/c1-9-6-7-13(22-2)10(8-9)15(21)20-12-5-3-4-11(17)14(12)23-16(18)19/h3-8,16H,1-2H3,(H,20,21). The van der Waals surface area contributed by atoms with Gasteiger partial charge in [-0.2, -0.15) is 8.78 Å². The maximum Gasteiger partial charge on any atom is 0.289 e. The lowest BCUT2D eigenvalue weighted by Crippen LogP contribution is -2.14. The van der Waals surface area contributed by atoms with Gasteiger partial charge in [0.15, 0.2) is 0 Å². The molecule has 0 aliphatic heterocycles. The second-order valence-electron chi connectivity index (χ2n) is 4.65. The molecule has 0 saturated carbocycles. The zero-order valence-electron chi connectivity index (χ0n) is 12.4. The van der Waals surface area contributed by atoms with Gasteiger partial charge in [-0.3, -0.25) is 4.79 Å². The van der Waals surface area contributed by atoms with Gasteiger partial charge in [0.1, 0.15) is 5.75 Å². The molecule has 3 nitrogen and oxygen atoms in total. The average molecular weight is 358 g/mol. The van der Waals surface area contributed by atoms with Gasteiger partial charge in [0.2, 0.25) is 0 Å². The molecule has 2 rings (SSSR count). The molecule has 2 aromatic carbocycles. The summed E-state index contributed by atoms with van der Waals surface area (Å²) >= 11 is 6.25. The Bertz CT molecular complexity index is 725. The first-order valence-electron chi connectivity index (χ1n) is 6.61. The first kappa shape index (κ1) is 17.6. The molecule has 0 radical (unpaired) electrons. The SMILES string of the molecule is COc1ccc(C)cc1C(=O)Nc1cccc(Cl)c1SC(F)F. The molecule has 0 atom stereocenters. The number of halogens is 3. The second kappa shape index (κ2) is 7.66. The topological polar surface area (TPSA) is 38.3 Å². The molecule has 0 spiro atoms. The minimum absolute atomic E-state index is 0.129. The number of anilines is 1. The largest absolute Gasteiger partial charge is 0.496 e. The van der Waals surface area contributed by atoms with E-state index in [4.69, 9.17) is 16.3 Å². The Kier molecular flexibility index (Phi) is 5.85. The van der Waals surface area contributed by atoms with Crippen molar-refractivity contribution in [1.29, 1.82) is 0 Å². The quantitative estimate of drug-likeness (QED) is 0.745. The summed E-state index contributed by atoms with van der Waals surface area (Å²) in [5.41, 5.74) is 1.43. The molecule has 0 bridgehead atoms. The number of nitrogens with one attached hydrogen (secondary N) is 1. The highest BCUT2D eigenvalue weighted by molar-refractivity contribution is 7.99. The van der Waals surface area contributed by atoms with Gasteiger partial charge in [0.25, 0.3) is 11.7 Å². The van der Waals surface area contributed by atoms with Crippen molar-refractivity contribution < 1.29 is 18.3 Å². The van der Waals surface area contributed by atoms with E-state index in [0.29, 0.717) is 23.1 Å². The van der Waals surface area contributed by atoms with Crippen LogP contribution in [0.25, 0.3) is 0 Å². The number of carbonyl (C=O) groups excluding carboxylic acids is 1. The Morgan fingerprint density at radius 3 is 2.70 bits per heavy atom. The number of methoxy groups -OCH3 is 1. The number of rotatable bonds is 5. The third-order valence-electron chi connectivity index (χ3n) is 3.02. The molecular formula is C16H14ClF2NO2S. The Balaban J connectivity index is 2.34. The van der Waals surface area contributed by atoms with Crippen LogP contribution in [0.5, 0.6) is 5.75 Å². The van der Waals surface area contributed by atoms with E-state index in [-0.39, 0.29) is 15.6 Å². The molecule has 122 valence electrons. The van der Waals surface area contributed by atoms with Crippen LogP contribution in [0, 0.1) is 6.92 Å². The van der Waals surface area contributed by atoms with Crippen molar-refractivity contribution in [3.05, 3.63) is 52.5 Å². The Morgan fingerprint density at radius 2 is 2.04 bits per heavy atom. The summed E-state index contributed by atoms with van der Waals surface area (Å²) in [7, 11) is 1.46. The molecule has 0 unspecified atom stereocenters. The van der Waals surface area contributed by atoms with Crippen molar-refractivity contribution >= 4 is 35.0 Å². The van der Waals surface area contributed by atoms with E-state index in [1.165, 1.54) is 19.2 Å². The van der Waals surface area contributed by atoms with Gasteiger partial charge in [-0.25, -0.2) is 0 Å². The fourth-order valence-electron chi connectivity index (χ4n) is 2.01. The molecule has 0 aliphatic carbocycles. The van der Waals surface area contributed by atoms with E-state index in [1.807, 2.05) is 13.0 Å². The Labute approximate surface area is 142 Å². The maximum atomic E-state index is 12.7. The number of aryl methyl sites for hydroxylation is 1. The number of ether oxygens (including phenoxy) is 1. The van der Waals surface area contributed by atoms with Crippen molar-refractivity contribution in [3.63, 3.8) is 0 Å². The molecule has 2 aromatic rings. The van der Waals surface area contributed by atoms with Gasteiger partial charge >= 0.3 is 0 Å². The molecule has 23 heavy (non-hydrogen) atoms. The molecule has 0 saturated heterocycles. The summed E-state index contributed by atoms with van der Waals surface area (Å²) in [6, 6.07) is 9.76. The minimum atomic E-state index is -2.64. The number of hydrogen-bond donors (Lipinski definition) is 1. The summed E-state index contributed by atoms with van der Waals surface area (Å²) in [5, 5.41) is 2.77. The van der Waals surface area contributed by atoms with Crippen molar-refractivity contribution in [3.8, 4) is 5.75 Å². The monoisotopic (exact) mass is 357 g/mol. The van der Waals surface area contributed by atoms with E-state index in [9.17, 15) is 13.6 Å². The lowest BCUT2D eigenvalue weighted by Gasteiger charge is -2.14. The zero-order chi connectivity index (χ0) is 17.0. The third kappa shape index (κ3) is 4.36. The van der Waals surface area contributed by atoms with Crippen molar-refractivity contribution in [2.75, 3.05) is 12.4 Å². The van der Waals surface area contributed by atoms with Crippen LogP contribution in [0.4, 0.5) is 14.5 Å². The van der Waals surface area contributed by atoms with Crippen LogP contribution in [-0.2, 0) is 0 Å². The van der Waals surface area contributed by atoms with Crippen LogP contribution in [0.3, 0.4) is 0 Å². The zero-order valence-corrected chi connectivity index (χ0v) is 14.0. The van der Waals surface area contributed by atoms with Gasteiger partial charge in [-0.05, 0) is 31.2 Å².